The molecule has 0 spiro atoms. The molecule has 0 unspecified atom stereocenters. The van der Waals surface area contributed by atoms with E-state index in [1.165, 1.54) is 24.3 Å². The molecule has 8 heteroatoms. The van der Waals surface area contributed by atoms with Gasteiger partial charge in [-0.05, 0) is 54.8 Å². The van der Waals surface area contributed by atoms with Crippen molar-refractivity contribution in [3.8, 4) is 17.6 Å². The largest absolute Gasteiger partial charge is 0.508 e. The number of amides is 1. The molecular weight excluding hydrogens is 401 g/mol. The van der Waals surface area contributed by atoms with Crippen LogP contribution in [0.25, 0.3) is 0 Å². The summed E-state index contributed by atoms with van der Waals surface area (Å²) in [6, 6.07) is 11.0. The van der Waals surface area contributed by atoms with Crippen molar-refractivity contribution in [3.05, 3.63) is 80.8 Å². The number of phenolic OH excluding ortho intramolecular Hbond substituents is 1. The highest BCUT2D eigenvalue weighted by Gasteiger charge is 2.29. The molecule has 0 aliphatic carbocycles. The standard InChI is InChI=1S/C21H15F3N2O2S/c1-13-19(29-18(26-13)11-6-14-4-9-17(27)10-5-14)20(28)25-12-15-2-7-16(8-3-15)21(22,23)24/h2-5,7-10,27H,12H2,1H3,(H,25,28). The average Bonchev–Trinajstić information content (AvgIpc) is 3.06. The lowest BCUT2D eigenvalue weighted by molar-refractivity contribution is -0.137. The van der Waals surface area contributed by atoms with Crippen LogP contribution in [0.4, 0.5) is 13.2 Å². The van der Waals surface area contributed by atoms with Crippen molar-refractivity contribution in [1.82, 2.24) is 10.3 Å². The van der Waals surface area contributed by atoms with Gasteiger partial charge in [-0.25, -0.2) is 4.98 Å². The number of hydrogen-bond donors (Lipinski definition) is 2. The Kier molecular flexibility index (Phi) is 5.89. The number of benzene rings is 2. The van der Waals surface area contributed by atoms with Gasteiger partial charge in [-0.3, -0.25) is 4.79 Å². The summed E-state index contributed by atoms with van der Waals surface area (Å²) in [6.07, 6.45) is -4.39. The molecule has 3 aromatic rings. The number of rotatable bonds is 3. The fourth-order valence-corrected chi connectivity index (χ4v) is 3.24. The highest BCUT2D eigenvalue weighted by molar-refractivity contribution is 7.14. The molecule has 0 fully saturated rings. The van der Waals surface area contributed by atoms with Gasteiger partial charge < -0.3 is 10.4 Å². The summed E-state index contributed by atoms with van der Waals surface area (Å²) in [4.78, 5) is 17.1. The fourth-order valence-electron chi connectivity index (χ4n) is 2.41. The van der Waals surface area contributed by atoms with Crippen LogP contribution in [0.2, 0.25) is 0 Å². The first-order chi connectivity index (χ1) is 13.7. The van der Waals surface area contributed by atoms with E-state index in [4.69, 9.17) is 0 Å². The van der Waals surface area contributed by atoms with Crippen LogP contribution in [0, 0.1) is 18.8 Å². The molecule has 0 saturated heterocycles. The van der Waals surface area contributed by atoms with E-state index >= 15 is 0 Å². The SMILES string of the molecule is Cc1nc(C#Cc2ccc(O)cc2)sc1C(=O)NCc1ccc(C(F)(F)F)cc1. The smallest absolute Gasteiger partial charge is 0.416 e. The second kappa shape index (κ2) is 8.37. The summed E-state index contributed by atoms with van der Waals surface area (Å²) in [6.45, 7) is 1.79. The minimum absolute atomic E-state index is 0.100. The zero-order valence-electron chi connectivity index (χ0n) is 15.2. The first kappa shape index (κ1) is 20.4. The first-order valence-corrected chi connectivity index (χ1v) is 9.27. The molecule has 0 atom stereocenters. The number of nitrogens with one attached hydrogen (secondary N) is 1. The number of aromatic hydroxyl groups is 1. The Bertz CT molecular complexity index is 1080. The molecule has 0 saturated carbocycles. The van der Waals surface area contributed by atoms with Gasteiger partial charge in [0.25, 0.3) is 5.91 Å². The van der Waals surface area contributed by atoms with Crippen LogP contribution in [0.1, 0.15) is 37.1 Å². The van der Waals surface area contributed by atoms with E-state index in [0.29, 0.717) is 26.7 Å². The van der Waals surface area contributed by atoms with Gasteiger partial charge >= 0.3 is 6.18 Å². The van der Waals surface area contributed by atoms with E-state index in [2.05, 4.69) is 22.1 Å². The molecule has 4 nitrogen and oxygen atoms in total. The average molecular weight is 416 g/mol. The topological polar surface area (TPSA) is 62.2 Å². The Morgan fingerprint density at radius 1 is 1.10 bits per heavy atom. The first-order valence-electron chi connectivity index (χ1n) is 8.45. The van der Waals surface area contributed by atoms with E-state index in [1.54, 1.807) is 19.1 Å². The van der Waals surface area contributed by atoms with E-state index in [9.17, 15) is 23.1 Å². The highest BCUT2D eigenvalue weighted by atomic mass is 32.1. The molecule has 0 bridgehead atoms. The molecular formula is C21H15F3N2O2S. The number of aromatic nitrogens is 1. The second-order valence-electron chi connectivity index (χ2n) is 6.11. The summed E-state index contributed by atoms with van der Waals surface area (Å²) in [5.74, 6) is 5.57. The van der Waals surface area contributed by atoms with Crippen LogP contribution in [-0.2, 0) is 12.7 Å². The van der Waals surface area contributed by atoms with Crippen LogP contribution in [0.3, 0.4) is 0 Å². The molecule has 3 rings (SSSR count). The number of carbonyl (C=O) groups is 1. The number of nitrogens with zero attached hydrogens (tertiary/aromatic N) is 1. The van der Waals surface area contributed by atoms with E-state index in [-0.39, 0.29) is 18.2 Å². The van der Waals surface area contributed by atoms with Crippen molar-refractivity contribution in [1.29, 1.82) is 0 Å². The predicted octanol–water partition coefficient (Wildman–Crippen LogP) is 4.51. The molecule has 0 aliphatic rings. The molecule has 1 heterocycles. The van der Waals surface area contributed by atoms with Crippen molar-refractivity contribution in [3.63, 3.8) is 0 Å². The van der Waals surface area contributed by atoms with E-state index < -0.39 is 11.7 Å². The lowest BCUT2D eigenvalue weighted by Crippen LogP contribution is -2.22. The lowest BCUT2D eigenvalue weighted by atomic mass is 10.1. The molecule has 0 radical (unpaired) electrons. The Labute approximate surface area is 169 Å². The maximum Gasteiger partial charge on any atom is 0.416 e. The zero-order valence-corrected chi connectivity index (χ0v) is 16.0. The van der Waals surface area contributed by atoms with Crippen molar-refractivity contribution >= 4 is 17.2 Å². The van der Waals surface area contributed by atoms with Gasteiger partial charge in [0, 0.05) is 12.1 Å². The maximum absolute atomic E-state index is 12.6. The Balaban J connectivity index is 1.65. The Hall–Kier alpha value is -3.31. The molecule has 2 N–H and O–H groups in total. The van der Waals surface area contributed by atoms with Crippen LogP contribution >= 0.6 is 11.3 Å². The van der Waals surface area contributed by atoms with Gasteiger partial charge in [0.2, 0.25) is 0 Å². The van der Waals surface area contributed by atoms with Crippen molar-refractivity contribution in [2.75, 3.05) is 0 Å². The van der Waals surface area contributed by atoms with Crippen LogP contribution in [0.5, 0.6) is 5.75 Å². The predicted molar refractivity (Wildman–Crippen MR) is 104 cm³/mol. The second-order valence-corrected chi connectivity index (χ2v) is 7.11. The summed E-state index contributed by atoms with van der Waals surface area (Å²) in [5, 5.41) is 12.4. The van der Waals surface area contributed by atoms with Gasteiger partial charge in [-0.15, -0.1) is 11.3 Å². The number of phenols is 1. The fraction of sp³-hybridized carbons (Fsp3) is 0.143. The van der Waals surface area contributed by atoms with Crippen LogP contribution in [-0.4, -0.2) is 16.0 Å². The molecule has 148 valence electrons. The Morgan fingerprint density at radius 3 is 2.38 bits per heavy atom. The third-order valence-electron chi connectivity index (χ3n) is 3.92. The van der Waals surface area contributed by atoms with Crippen molar-refractivity contribution in [2.24, 2.45) is 0 Å². The maximum atomic E-state index is 12.6. The quantitative estimate of drug-likeness (QED) is 0.618. The minimum atomic E-state index is -4.39. The van der Waals surface area contributed by atoms with Crippen LogP contribution < -0.4 is 5.32 Å². The number of halogens is 3. The summed E-state index contributed by atoms with van der Waals surface area (Å²) >= 11 is 1.14. The highest BCUT2D eigenvalue weighted by Crippen LogP contribution is 2.29. The zero-order chi connectivity index (χ0) is 21.0. The summed E-state index contributed by atoms with van der Waals surface area (Å²) in [5.41, 5.74) is 1.04. The number of hydrogen-bond acceptors (Lipinski definition) is 4. The molecule has 2 aromatic carbocycles. The number of thiazole rings is 1. The number of aryl methyl sites for hydroxylation is 1. The van der Waals surface area contributed by atoms with E-state index in [0.717, 1.165) is 23.5 Å². The minimum Gasteiger partial charge on any atom is -0.508 e. The summed E-state index contributed by atoms with van der Waals surface area (Å²) < 4.78 is 37.8. The van der Waals surface area contributed by atoms with Crippen molar-refractivity contribution < 1.29 is 23.1 Å². The summed E-state index contributed by atoms with van der Waals surface area (Å²) in [7, 11) is 0. The van der Waals surface area contributed by atoms with Crippen molar-refractivity contribution in [2.45, 2.75) is 19.6 Å². The molecule has 1 amide bonds. The van der Waals surface area contributed by atoms with Gasteiger partial charge in [0.1, 0.15) is 10.6 Å². The van der Waals surface area contributed by atoms with Crippen LogP contribution in [0.15, 0.2) is 48.5 Å². The normalized spacial score (nSPS) is 10.9. The monoisotopic (exact) mass is 416 g/mol. The molecule has 1 aromatic heterocycles. The van der Waals surface area contributed by atoms with Gasteiger partial charge in [0.05, 0.1) is 11.3 Å². The Morgan fingerprint density at radius 2 is 1.76 bits per heavy atom. The van der Waals surface area contributed by atoms with Gasteiger partial charge in [-0.2, -0.15) is 13.2 Å². The lowest BCUT2D eigenvalue weighted by Gasteiger charge is -2.08. The molecule has 29 heavy (non-hydrogen) atoms. The third kappa shape index (κ3) is 5.36. The number of alkyl halides is 3. The van der Waals surface area contributed by atoms with Gasteiger partial charge in [-0.1, -0.05) is 18.1 Å². The molecule has 0 aliphatic heterocycles. The number of carbonyl (C=O) groups excluding carboxylic acids is 1. The van der Waals surface area contributed by atoms with Gasteiger partial charge in [0.15, 0.2) is 5.01 Å². The third-order valence-corrected chi connectivity index (χ3v) is 4.99. The van der Waals surface area contributed by atoms with E-state index in [1.807, 2.05) is 0 Å².